The summed E-state index contributed by atoms with van der Waals surface area (Å²) in [6.45, 7) is 5.16. The Bertz CT molecular complexity index is 1650. The first kappa shape index (κ1) is 26.4. The van der Waals surface area contributed by atoms with Crippen LogP contribution in [0.5, 0.6) is 0 Å². The van der Waals surface area contributed by atoms with Gasteiger partial charge in [0, 0.05) is 52.4 Å². The van der Waals surface area contributed by atoms with Gasteiger partial charge in [-0.3, -0.25) is 0 Å². The van der Waals surface area contributed by atoms with E-state index in [1.807, 2.05) is 7.05 Å². The predicted molar refractivity (Wildman–Crippen MR) is 159 cm³/mol. The zero-order valence-corrected chi connectivity index (χ0v) is 23.5. The third-order valence-electron chi connectivity index (χ3n) is 7.27. The summed E-state index contributed by atoms with van der Waals surface area (Å²) in [7, 11) is -2.29. The summed E-state index contributed by atoms with van der Waals surface area (Å²) in [6.07, 6.45) is 5.35. The van der Waals surface area contributed by atoms with Gasteiger partial charge in [0.1, 0.15) is 6.54 Å². The standard InChI is InChI=1S/C31H32N2O3S2/c1-31(2)29(19-16-25-15-18-28(37-25)23-10-13-24(32-3)14-11-23)33(20-6-7-21-38(34,35)36)27-17-12-22-8-4-5-9-26(22)30(27)31/h4-5,8-19H,6-7,20-21H2,1-3H3,(H,34,35,36). The van der Waals surface area contributed by atoms with Crippen molar-refractivity contribution in [2.75, 3.05) is 24.7 Å². The van der Waals surface area contributed by atoms with Crippen LogP contribution in [0.4, 0.5) is 11.4 Å². The Balaban J connectivity index is 1.49. The number of benzene rings is 3. The topological polar surface area (TPSA) is 72.2 Å². The van der Waals surface area contributed by atoms with Crippen molar-refractivity contribution in [3.05, 3.63) is 89.3 Å². The molecular formula is C31H32N2O3S2. The Kier molecular flexibility index (Phi) is 7.27. The molecule has 0 saturated heterocycles. The molecule has 3 aromatic carbocycles. The van der Waals surface area contributed by atoms with Crippen LogP contribution in [0.2, 0.25) is 0 Å². The first-order valence-corrected chi connectivity index (χ1v) is 15.2. The van der Waals surface area contributed by atoms with Crippen LogP contribution in [-0.2, 0) is 15.5 Å². The van der Waals surface area contributed by atoms with Gasteiger partial charge in [-0.25, -0.2) is 8.42 Å². The summed E-state index contributed by atoms with van der Waals surface area (Å²) < 4.78 is 35.8. The van der Waals surface area contributed by atoms with E-state index in [0.717, 1.165) is 11.4 Å². The van der Waals surface area contributed by atoms with E-state index in [0.29, 0.717) is 19.4 Å². The van der Waals surface area contributed by atoms with Crippen LogP contribution in [0.15, 0.2) is 78.9 Å². The molecule has 0 saturated carbocycles. The van der Waals surface area contributed by atoms with Gasteiger partial charge in [0.15, 0.2) is 5.71 Å². The van der Waals surface area contributed by atoms with Crippen LogP contribution in [0.25, 0.3) is 27.3 Å². The first-order valence-electron chi connectivity index (χ1n) is 12.8. The van der Waals surface area contributed by atoms with Crippen LogP contribution >= 0.6 is 11.3 Å². The van der Waals surface area contributed by atoms with E-state index in [2.05, 4.69) is 109 Å². The molecule has 0 unspecified atom stereocenters. The smallest absolute Gasteiger partial charge is 0.210 e. The molecule has 4 aromatic rings. The monoisotopic (exact) mass is 544 g/mol. The molecule has 38 heavy (non-hydrogen) atoms. The molecule has 196 valence electrons. The van der Waals surface area contributed by atoms with Crippen molar-refractivity contribution in [1.82, 2.24) is 0 Å². The van der Waals surface area contributed by atoms with Crippen LogP contribution in [-0.4, -0.2) is 42.6 Å². The van der Waals surface area contributed by atoms with E-state index in [-0.39, 0.29) is 11.2 Å². The van der Waals surface area contributed by atoms with Gasteiger partial charge >= 0.3 is 0 Å². The van der Waals surface area contributed by atoms with Crippen molar-refractivity contribution in [3.63, 3.8) is 0 Å². The van der Waals surface area contributed by atoms with Gasteiger partial charge in [0.2, 0.25) is 5.69 Å². The van der Waals surface area contributed by atoms with Crippen LogP contribution in [0.3, 0.4) is 0 Å². The second-order valence-electron chi connectivity index (χ2n) is 10.2. The summed E-state index contributed by atoms with van der Waals surface area (Å²) in [5.74, 6) is -0.326. The molecule has 1 N–H and O–H groups in total. The van der Waals surface area contributed by atoms with Crippen LogP contribution in [0.1, 0.15) is 37.1 Å². The molecule has 0 aliphatic carbocycles. The third-order valence-corrected chi connectivity index (χ3v) is 9.16. The van der Waals surface area contributed by atoms with Crippen molar-refractivity contribution in [2.24, 2.45) is 0 Å². The summed E-state index contributed by atoms with van der Waals surface area (Å²) >= 11 is 1.75. The molecule has 2 heterocycles. The second-order valence-corrected chi connectivity index (χ2v) is 12.8. The number of nitrogens with one attached hydrogen (secondary N) is 1. The Morgan fingerprint density at radius 3 is 2.45 bits per heavy atom. The highest BCUT2D eigenvalue weighted by molar-refractivity contribution is 7.85. The fourth-order valence-corrected chi connectivity index (χ4v) is 6.86. The number of unbranched alkanes of at least 4 members (excludes halogenated alkanes) is 1. The Labute approximate surface area is 228 Å². The number of nitrogens with zero attached hydrogens (tertiary/aromatic N) is 1. The largest absolute Gasteiger partial charge is 0.748 e. The fraction of sp³-hybridized carbons (Fsp3) is 0.258. The minimum Gasteiger partial charge on any atom is -0.748 e. The zero-order valence-electron chi connectivity index (χ0n) is 21.9. The summed E-state index contributed by atoms with van der Waals surface area (Å²) in [5.41, 5.74) is 5.63. The normalized spacial score (nSPS) is 14.9. The molecule has 1 aliphatic heterocycles. The van der Waals surface area contributed by atoms with E-state index < -0.39 is 10.1 Å². The first-order chi connectivity index (χ1) is 18.2. The molecule has 0 fully saturated rings. The molecule has 1 aromatic heterocycles. The number of hydrogen-bond acceptors (Lipinski definition) is 5. The van der Waals surface area contributed by atoms with Crippen molar-refractivity contribution in [3.8, 4) is 10.4 Å². The maximum absolute atomic E-state index is 11.1. The maximum atomic E-state index is 11.1. The van der Waals surface area contributed by atoms with Gasteiger partial charge in [-0.1, -0.05) is 36.4 Å². The quantitative estimate of drug-likeness (QED) is 0.140. The lowest BCUT2D eigenvalue weighted by Crippen LogP contribution is -2.28. The zero-order chi connectivity index (χ0) is 26.9. The molecule has 0 bridgehead atoms. The summed E-state index contributed by atoms with van der Waals surface area (Å²) in [4.78, 5) is 2.38. The maximum Gasteiger partial charge on any atom is 0.210 e. The average molecular weight is 545 g/mol. The van der Waals surface area contributed by atoms with Gasteiger partial charge in [-0.2, -0.15) is 4.58 Å². The van der Waals surface area contributed by atoms with Crippen LogP contribution in [0, 0.1) is 0 Å². The van der Waals surface area contributed by atoms with Gasteiger partial charge in [-0.05, 0) is 73.0 Å². The Morgan fingerprint density at radius 2 is 1.71 bits per heavy atom. The lowest BCUT2D eigenvalue weighted by atomic mass is 9.79. The highest BCUT2D eigenvalue weighted by Crippen LogP contribution is 2.44. The molecule has 7 heteroatoms. The summed E-state index contributed by atoms with van der Waals surface area (Å²) in [5, 5.41) is 5.59. The molecule has 5 rings (SSSR count). The molecule has 1 aliphatic rings. The van der Waals surface area contributed by atoms with E-state index in [1.54, 1.807) is 11.3 Å². The van der Waals surface area contributed by atoms with E-state index >= 15 is 0 Å². The lowest BCUT2D eigenvalue weighted by molar-refractivity contribution is -0.438. The lowest BCUT2D eigenvalue weighted by Gasteiger charge is -2.17. The molecule has 0 spiro atoms. The van der Waals surface area contributed by atoms with Gasteiger partial charge in [0.05, 0.1) is 15.5 Å². The number of thiophene rings is 1. The van der Waals surface area contributed by atoms with Crippen molar-refractivity contribution in [1.29, 1.82) is 0 Å². The number of fused-ring (bicyclic) bond motifs is 3. The molecule has 5 nitrogen and oxygen atoms in total. The van der Waals surface area contributed by atoms with Crippen molar-refractivity contribution < 1.29 is 17.5 Å². The Hall–Kier alpha value is -3.26. The number of hydrogen-bond donors (Lipinski definition) is 1. The number of allylic oxidation sites excluding steroid dienone is 1. The average Bonchev–Trinajstić information content (AvgIpc) is 3.45. The van der Waals surface area contributed by atoms with Crippen LogP contribution < -0.4 is 5.32 Å². The highest BCUT2D eigenvalue weighted by atomic mass is 32.2. The van der Waals surface area contributed by atoms with Crippen molar-refractivity contribution >= 4 is 55.4 Å². The number of anilines is 1. The SMILES string of the molecule is CNc1ccc(-c2ccc(/C=C/C3=[N+](CCCCS(=O)(=O)[O-])c4ccc5ccccc5c4C3(C)C)s2)cc1. The second kappa shape index (κ2) is 10.5. The highest BCUT2D eigenvalue weighted by Gasteiger charge is 2.45. The summed E-state index contributed by atoms with van der Waals surface area (Å²) in [6, 6.07) is 25.5. The van der Waals surface area contributed by atoms with E-state index in [9.17, 15) is 13.0 Å². The molecular weight excluding hydrogens is 512 g/mol. The number of rotatable bonds is 9. The van der Waals surface area contributed by atoms with Gasteiger partial charge < -0.3 is 9.87 Å². The molecule has 0 atom stereocenters. The fourth-order valence-electron chi connectivity index (χ4n) is 5.38. The van der Waals surface area contributed by atoms with E-state index in [1.165, 1.54) is 37.4 Å². The molecule has 0 radical (unpaired) electrons. The van der Waals surface area contributed by atoms with Crippen molar-refractivity contribution in [2.45, 2.75) is 32.1 Å². The molecule has 0 amide bonds. The Morgan fingerprint density at radius 1 is 0.947 bits per heavy atom. The minimum atomic E-state index is -4.21. The minimum absolute atomic E-state index is 0.250. The third kappa shape index (κ3) is 5.32. The van der Waals surface area contributed by atoms with E-state index in [4.69, 9.17) is 0 Å². The predicted octanol–water partition coefficient (Wildman–Crippen LogP) is 7.03. The van der Waals surface area contributed by atoms with Gasteiger partial charge in [0.25, 0.3) is 0 Å². The van der Waals surface area contributed by atoms with Gasteiger partial charge in [-0.15, -0.1) is 11.3 Å².